The molecule has 2 aliphatic rings. The monoisotopic (exact) mass is 1630 g/mol. The summed E-state index contributed by atoms with van der Waals surface area (Å²) in [5.41, 5.74) is 10.6. The van der Waals surface area contributed by atoms with Crippen molar-refractivity contribution >= 4 is 49.8 Å². The molecule has 2 fully saturated rings. The van der Waals surface area contributed by atoms with Crippen LogP contribution in [0.2, 0.25) is 5.02 Å². The predicted octanol–water partition coefficient (Wildman–Crippen LogP) is 15.7. The third-order valence-corrected chi connectivity index (χ3v) is 22.6. The second-order valence-electron chi connectivity index (χ2n) is 29.3. The number of nitrogen functional groups attached to an aromatic ring is 2. The molecule has 4 aromatic heterocycles. The van der Waals surface area contributed by atoms with Gasteiger partial charge in [0, 0.05) is 19.4 Å². The van der Waals surface area contributed by atoms with Crippen LogP contribution in [0.3, 0.4) is 0 Å². The van der Waals surface area contributed by atoms with Gasteiger partial charge in [-0.05, 0) is 66.4 Å². The van der Waals surface area contributed by atoms with E-state index in [4.69, 9.17) is 69.6 Å². The minimum Gasteiger partial charge on any atom is -0.397 e. The first-order valence-corrected chi connectivity index (χ1v) is 43.9. The van der Waals surface area contributed by atoms with Crippen LogP contribution in [-0.2, 0) is 80.1 Å². The summed E-state index contributed by atoms with van der Waals surface area (Å²) in [6.07, 6.45) is 32.3. The molecule has 6 heterocycles. The molecule has 6 aromatic rings. The lowest BCUT2D eigenvalue weighted by atomic mass is 9.92. The van der Waals surface area contributed by atoms with Crippen LogP contribution >= 0.6 is 27.2 Å². The minimum absolute atomic E-state index is 0.00180. The first-order chi connectivity index (χ1) is 54.2. The summed E-state index contributed by atoms with van der Waals surface area (Å²) in [5.74, 6) is -0.433. The maximum atomic E-state index is 13.7. The molecule has 0 amide bonds. The summed E-state index contributed by atoms with van der Waals surface area (Å²) in [5, 5.41) is 72.0. The fraction of sp³-hybridized carbons (Fsp3) is 0.667. The molecule has 31 heteroatoms. The van der Waals surface area contributed by atoms with Gasteiger partial charge in [0.15, 0.2) is 5.82 Å². The Bertz CT molecular complexity index is 3820. The molecule has 0 radical (unpaired) electrons. The van der Waals surface area contributed by atoms with Crippen LogP contribution < -0.4 is 11.5 Å². The highest BCUT2D eigenvalue weighted by Crippen LogP contribution is 2.48. The molecular formula is C81H123ClFN9O18P2. The molecule has 10 N–H and O–H groups in total. The maximum absolute atomic E-state index is 13.7. The zero-order valence-electron chi connectivity index (χ0n) is 65.5. The number of aliphatic hydroxyl groups is 4. The van der Waals surface area contributed by atoms with Gasteiger partial charge < -0.3 is 70.1 Å². The molecule has 112 heavy (non-hydrogen) atoms. The fourth-order valence-corrected chi connectivity index (χ4v) is 15.5. The third-order valence-electron chi connectivity index (χ3n) is 20.4. The van der Waals surface area contributed by atoms with Gasteiger partial charge in [0.2, 0.25) is 11.2 Å². The van der Waals surface area contributed by atoms with E-state index >= 15 is 0 Å². The van der Waals surface area contributed by atoms with E-state index in [9.17, 15) is 54.3 Å². The number of aromatic nitrogens is 5. The van der Waals surface area contributed by atoms with Crippen LogP contribution in [0, 0.1) is 28.5 Å². The van der Waals surface area contributed by atoms with Crippen molar-refractivity contribution in [2.75, 3.05) is 64.3 Å². The van der Waals surface area contributed by atoms with Crippen molar-refractivity contribution in [2.24, 2.45) is 0 Å². The van der Waals surface area contributed by atoms with E-state index in [-0.39, 0.29) is 55.3 Å². The van der Waals surface area contributed by atoms with Crippen LogP contribution in [0.5, 0.6) is 0 Å². The molecule has 2 aromatic carbocycles. The highest BCUT2D eigenvalue weighted by molar-refractivity contribution is 7.47. The molecule has 12 atom stereocenters. The van der Waals surface area contributed by atoms with Crippen molar-refractivity contribution in [3.05, 3.63) is 125 Å². The normalized spacial score (nSPS) is 21.3. The number of aliphatic hydroxyl groups excluding tert-OH is 4. The van der Waals surface area contributed by atoms with Crippen LogP contribution in [0.4, 0.5) is 15.9 Å². The van der Waals surface area contributed by atoms with Gasteiger partial charge in [-0.15, -0.1) is 0 Å². The Morgan fingerprint density at radius 1 is 0.527 bits per heavy atom. The Balaban J connectivity index is 0.000000311. The topological polar surface area (TPSA) is 395 Å². The molecule has 0 spiro atoms. The van der Waals surface area contributed by atoms with E-state index in [1.165, 1.54) is 225 Å². The van der Waals surface area contributed by atoms with Crippen molar-refractivity contribution in [3.8, 4) is 12.1 Å². The lowest BCUT2D eigenvalue weighted by molar-refractivity contribution is -0.0690. The number of nitriles is 2. The summed E-state index contributed by atoms with van der Waals surface area (Å²) >= 11 is 5.93. The van der Waals surface area contributed by atoms with Gasteiger partial charge >= 0.3 is 15.6 Å². The Kier molecular flexibility index (Phi) is 42.4. The third kappa shape index (κ3) is 30.5. The number of hydrogen-bond acceptors (Lipinski definition) is 23. The molecule has 2 aliphatic heterocycles. The number of halogens is 2. The number of phosphoric acid groups is 2. The van der Waals surface area contributed by atoms with Crippen LogP contribution in [0.15, 0.2) is 91.4 Å². The summed E-state index contributed by atoms with van der Waals surface area (Å²) in [4.78, 5) is 25.0. The molecule has 0 saturated carbocycles. The maximum Gasteiger partial charge on any atom is 0.472 e. The average molecular weight is 1630 g/mol. The van der Waals surface area contributed by atoms with Crippen molar-refractivity contribution < 1.29 is 90.2 Å². The lowest BCUT2D eigenvalue weighted by Gasteiger charge is -2.24. The fourth-order valence-electron chi connectivity index (χ4n) is 13.8. The summed E-state index contributed by atoms with van der Waals surface area (Å²) < 4.78 is 98.5. The number of phosphoric ester groups is 2. The zero-order valence-corrected chi connectivity index (χ0v) is 68.0. The standard InChI is InChI=1S/C41H61ClFN4O9P.C40H62N5O9P/c1-2-3-4-5-6-7-8-9-10-11-12-13-14-15-16-17-24-52-27-32(53-26-31-18-19-34(43)33(42)25-31)28-54-57(50,51)55-29-37-39(48)40(49)41(30-44,56-37)38-21-20-36-35(45)22-23-46-47(36)38;1-2-3-4-5-6-7-8-9-10-11-12-13-14-15-16-20-25-50-27-33(51-26-32-21-18-17-19-22-32)28-52-55(48,49)53-29-35-37(46)38(47)40(30-41,54-35)36-24-23-34-39(42)43-31-44-45(34)36/h18-23,25,32,37,39-40,48-49H,2-17,24,26-29,45H2,1H3,(H,50,51);17-19,21-24,31,33,35,37-38,46-47H,2-16,20,25-29H2,1H3,(H,48,49)(H2,42,43,44)/t32-,37-,39-,40-,41+;33-,35+,37+,38+,40-/m10/s1. The van der Waals surface area contributed by atoms with E-state index in [0.29, 0.717) is 35.5 Å². The Morgan fingerprint density at radius 3 is 1.35 bits per heavy atom. The quantitative estimate of drug-likeness (QED) is 0.0130. The Morgan fingerprint density at radius 2 is 0.929 bits per heavy atom. The van der Waals surface area contributed by atoms with Gasteiger partial charge in [-0.25, -0.2) is 27.5 Å². The molecule has 27 nitrogen and oxygen atoms in total. The Hall–Kier alpha value is -5.63. The number of nitrogens with zero attached hydrogens (tertiary/aromatic N) is 7. The molecule has 2 saturated heterocycles. The van der Waals surface area contributed by atoms with E-state index < -0.39 is 101 Å². The van der Waals surface area contributed by atoms with Crippen LogP contribution in [0.1, 0.15) is 242 Å². The molecule has 0 bridgehead atoms. The van der Waals surface area contributed by atoms with Gasteiger partial charge in [0.05, 0.1) is 80.5 Å². The first-order valence-electron chi connectivity index (χ1n) is 40.5. The van der Waals surface area contributed by atoms with E-state index in [1.54, 1.807) is 18.2 Å². The zero-order chi connectivity index (χ0) is 80.5. The van der Waals surface area contributed by atoms with Crippen LogP contribution in [0.25, 0.3) is 11.0 Å². The van der Waals surface area contributed by atoms with E-state index in [1.807, 2.05) is 42.5 Å². The SMILES string of the molecule is CCCCCCCCCCCCCCCCCCOC[C@@H](COP(=O)(O)OC[C@H]1O[C@@](C#N)(c2ccc3c(N)ncnn23)[C@H](O)[C@@H]1O)OCc1ccccc1.CCCCCCCCCCCCCCCCCCOC[C@H](COP(=O)(O)OC[C@H]1O[C@@](C#N)(c2ccc3c(N)ccnn23)[C@H](O)[C@@H]1O)OCc1ccc(F)c(Cl)c1. The van der Waals surface area contributed by atoms with Crippen molar-refractivity contribution in [1.82, 2.24) is 24.2 Å². The number of fused-ring (bicyclic) bond motifs is 2. The number of nitrogens with two attached hydrogens (primary N) is 2. The summed E-state index contributed by atoms with van der Waals surface area (Å²) in [7, 11) is -9.49. The average Bonchev–Trinajstić information content (AvgIpc) is 1.59. The smallest absolute Gasteiger partial charge is 0.397 e. The van der Waals surface area contributed by atoms with Gasteiger partial charge in [-0.3, -0.25) is 18.1 Å². The van der Waals surface area contributed by atoms with Gasteiger partial charge in [-0.1, -0.05) is 254 Å². The Labute approximate surface area is 665 Å². The second-order valence-corrected chi connectivity index (χ2v) is 32.6. The first kappa shape index (κ1) is 93.5. The molecule has 624 valence electrons. The van der Waals surface area contributed by atoms with Gasteiger partial charge in [-0.2, -0.15) is 20.7 Å². The van der Waals surface area contributed by atoms with E-state index in [2.05, 4.69) is 29.0 Å². The highest BCUT2D eigenvalue weighted by atomic mass is 35.5. The van der Waals surface area contributed by atoms with Crippen molar-refractivity contribution in [3.63, 3.8) is 0 Å². The number of hydrogen-bond donors (Lipinski definition) is 8. The number of rotatable bonds is 58. The summed E-state index contributed by atoms with van der Waals surface area (Å²) in [6, 6.07) is 25.2. The van der Waals surface area contributed by atoms with E-state index in [0.717, 1.165) is 37.7 Å². The highest BCUT2D eigenvalue weighted by Gasteiger charge is 2.59. The molecule has 8 rings (SSSR count). The number of anilines is 2. The number of benzene rings is 2. The van der Waals surface area contributed by atoms with Crippen molar-refractivity contribution in [1.29, 1.82) is 10.5 Å². The molecular weight excluding hydrogens is 1500 g/mol. The summed E-state index contributed by atoms with van der Waals surface area (Å²) in [6.45, 7) is 3.85. The van der Waals surface area contributed by atoms with Crippen molar-refractivity contribution in [2.45, 2.75) is 293 Å². The van der Waals surface area contributed by atoms with Crippen LogP contribution in [-0.4, -0.2) is 156 Å². The molecule has 0 aliphatic carbocycles. The number of unbranched alkanes of at least 4 members (excludes halogenated alkanes) is 30. The lowest BCUT2D eigenvalue weighted by Crippen LogP contribution is -2.41. The predicted molar refractivity (Wildman–Crippen MR) is 425 cm³/mol. The minimum atomic E-state index is -4.79. The number of ether oxygens (including phenoxy) is 6. The largest absolute Gasteiger partial charge is 0.472 e. The second kappa shape index (κ2) is 50.8. The van der Waals surface area contributed by atoms with Gasteiger partial charge in [0.25, 0.3) is 0 Å². The van der Waals surface area contributed by atoms with Gasteiger partial charge in [0.1, 0.15) is 78.6 Å². The molecule has 2 unspecified atom stereocenters.